The molecule has 0 bridgehead atoms. The van der Waals surface area contributed by atoms with Gasteiger partial charge in [0, 0.05) is 24.5 Å². The number of rotatable bonds is 4. The van der Waals surface area contributed by atoms with Crippen LogP contribution in [0.3, 0.4) is 0 Å². The zero-order chi connectivity index (χ0) is 14.8. The van der Waals surface area contributed by atoms with Crippen molar-refractivity contribution >= 4 is 17.0 Å². The third-order valence-electron chi connectivity index (χ3n) is 3.37. The maximum Gasteiger partial charge on any atom is 0.201 e. The van der Waals surface area contributed by atoms with Crippen LogP contribution in [0.1, 0.15) is 5.56 Å². The van der Waals surface area contributed by atoms with Crippen LogP contribution in [0.15, 0.2) is 36.7 Å². The van der Waals surface area contributed by atoms with E-state index in [1.165, 1.54) is 0 Å². The van der Waals surface area contributed by atoms with Crippen molar-refractivity contribution in [2.45, 2.75) is 6.54 Å². The SMILES string of the molecule is COc1cc2nc(N)n(Cc3ccncc3)c2cc1OC. The summed E-state index contributed by atoms with van der Waals surface area (Å²) in [5.41, 5.74) is 8.82. The molecule has 21 heavy (non-hydrogen) atoms. The average Bonchev–Trinajstić information content (AvgIpc) is 2.82. The van der Waals surface area contributed by atoms with Crippen molar-refractivity contribution in [3.63, 3.8) is 0 Å². The lowest BCUT2D eigenvalue weighted by Gasteiger charge is -2.09. The van der Waals surface area contributed by atoms with E-state index in [0.717, 1.165) is 16.6 Å². The van der Waals surface area contributed by atoms with Crippen LogP contribution in [0.5, 0.6) is 11.5 Å². The first kappa shape index (κ1) is 13.2. The van der Waals surface area contributed by atoms with Crippen molar-refractivity contribution in [3.05, 3.63) is 42.2 Å². The Labute approximate surface area is 122 Å². The van der Waals surface area contributed by atoms with E-state index >= 15 is 0 Å². The van der Waals surface area contributed by atoms with Gasteiger partial charge in [-0.15, -0.1) is 0 Å². The fraction of sp³-hybridized carbons (Fsp3) is 0.200. The summed E-state index contributed by atoms with van der Waals surface area (Å²) >= 11 is 0. The van der Waals surface area contributed by atoms with Crippen molar-refractivity contribution < 1.29 is 9.47 Å². The number of nitrogen functional groups attached to an aromatic ring is 1. The van der Waals surface area contributed by atoms with Crippen LogP contribution in [0.4, 0.5) is 5.95 Å². The molecule has 0 saturated heterocycles. The molecule has 0 unspecified atom stereocenters. The van der Waals surface area contributed by atoms with Gasteiger partial charge in [-0.25, -0.2) is 4.98 Å². The van der Waals surface area contributed by atoms with Crippen molar-refractivity contribution in [3.8, 4) is 11.5 Å². The molecule has 1 aromatic carbocycles. The third-order valence-corrected chi connectivity index (χ3v) is 3.37. The summed E-state index contributed by atoms with van der Waals surface area (Å²) in [6.45, 7) is 0.625. The minimum Gasteiger partial charge on any atom is -0.493 e. The van der Waals surface area contributed by atoms with Gasteiger partial charge in [0.25, 0.3) is 0 Å². The topological polar surface area (TPSA) is 75.2 Å². The average molecular weight is 284 g/mol. The molecule has 108 valence electrons. The van der Waals surface area contributed by atoms with Gasteiger partial charge in [-0.3, -0.25) is 4.98 Å². The molecule has 3 aromatic rings. The Balaban J connectivity index is 2.12. The van der Waals surface area contributed by atoms with Crippen molar-refractivity contribution in [2.75, 3.05) is 20.0 Å². The molecule has 0 aliphatic rings. The number of nitrogens with zero attached hydrogens (tertiary/aromatic N) is 3. The van der Waals surface area contributed by atoms with E-state index < -0.39 is 0 Å². The number of hydrogen-bond acceptors (Lipinski definition) is 5. The van der Waals surface area contributed by atoms with Gasteiger partial charge in [-0.1, -0.05) is 0 Å². The molecule has 6 heteroatoms. The zero-order valence-corrected chi connectivity index (χ0v) is 11.9. The first-order valence-corrected chi connectivity index (χ1v) is 6.49. The minimum atomic E-state index is 0.456. The smallest absolute Gasteiger partial charge is 0.201 e. The summed E-state index contributed by atoms with van der Waals surface area (Å²) < 4.78 is 12.6. The lowest BCUT2D eigenvalue weighted by atomic mass is 10.2. The Morgan fingerprint density at radius 1 is 1.10 bits per heavy atom. The second-order valence-corrected chi connectivity index (χ2v) is 4.61. The standard InChI is InChI=1S/C15H16N4O2/c1-20-13-7-11-12(8-14(13)21-2)19(15(16)18-11)9-10-3-5-17-6-4-10/h3-8H,9H2,1-2H3,(H2,16,18). The molecule has 6 nitrogen and oxygen atoms in total. The van der Waals surface area contributed by atoms with Crippen LogP contribution in [0.25, 0.3) is 11.0 Å². The summed E-state index contributed by atoms with van der Waals surface area (Å²) in [6.07, 6.45) is 3.52. The molecule has 2 heterocycles. The van der Waals surface area contributed by atoms with Crippen LogP contribution in [-0.4, -0.2) is 28.8 Å². The van der Waals surface area contributed by atoms with E-state index in [2.05, 4.69) is 9.97 Å². The molecule has 0 amide bonds. The van der Waals surface area contributed by atoms with Gasteiger partial charge in [-0.05, 0) is 17.7 Å². The predicted molar refractivity (Wildman–Crippen MR) is 80.6 cm³/mol. The number of nitrogens with two attached hydrogens (primary N) is 1. The van der Waals surface area contributed by atoms with E-state index in [4.69, 9.17) is 15.2 Å². The Bertz CT molecular complexity index is 768. The lowest BCUT2D eigenvalue weighted by Crippen LogP contribution is -2.04. The Morgan fingerprint density at radius 2 is 1.76 bits per heavy atom. The molecule has 0 saturated carbocycles. The molecule has 0 atom stereocenters. The minimum absolute atomic E-state index is 0.456. The second-order valence-electron chi connectivity index (χ2n) is 4.61. The number of benzene rings is 1. The normalized spacial score (nSPS) is 10.8. The second kappa shape index (κ2) is 5.32. The van der Waals surface area contributed by atoms with E-state index in [1.54, 1.807) is 26.6 Å². The summed E-state index contributed by atoms with van der Waals surface area (Å²) in [4.78, 5) is 8.40. The summed E-state index contributed by atoms with van der Waals surface area (Å²) in [5.74, 6) is 1.75. The highest BCUT2D eigenvalue weighted by atomic mass is 16.5. The first-order valence-electron chi connectivity index (χ1n) is 6.49. The summed E-state index contributed by atoms with van der Waals surface area (Å²) in [7, 11) is 3.21. The number of aromatic nitrogens is 3. The molecule has 2 aromatic heterocycles. The molecule has 0 aliphatic heterocycles. The molecular formula is C15H16N4O2. The number of fused-ring (bicyclic) bond motifs is 1. The van der Waals surface area contributed by atoms with Gasteiger partial charge in [0.2, 0.25) is 5.95 Å². The third kappa shape index (κ3) is 2.35. The monoisotopic (exact) mass is 284 g/mol. The number of anilines is 1. The number of hydrogen-bond donors (Lipinski definition) is 1. The predicted octanol–water partition coefficient (Wildman–Crippen LogP) is 2.08. The maximum absolute atomic E-state index is 6.04. The Morgan fingerprint density at radius 3 is 2.43 bits per heavy atom. The first-order chi connectivity index (χ1) is 10.2. The molecular weight excluding hydrogens is 268 g/mol. The van der Waals surface area contributed by atoms with E-state index in [-0.39, 0.29) is 0 Å². The van der Waals surface area contributed by atoms with E-state index in [1.807, 2.05) is 28.8 Å². The fourth-order valence-corrected chi connectivity index (χ4v) is 2.31. The molecule has 0 radical (unpaired) electrons. The van der Waals surface area contributed by atoms with Gasteiger partial charge in [-0.2, -0.15) is 0 Å². The molecule has 2 N–H and O–H groups in total. The Kier molecular flexibility index (Phi) is 3.35. The number of pyridine rings is 1. The van der Waals surface area contributed by atoms with Gasteiger partial charge >= 0.3 is 0 Å². The van der Waals surface area contributed by atoms with Crippen LogP contribution >= 0.6 is 0 Å². The van der Waals surface area contributed by atoms with Crippen LogP contribution in [0, 0.1) is 0 Å². The maximum atomic E-state index is 6.04. The van der Waals surface area contributed by atoms with E-state index in [9.17, 15) is 0 Å². The van der Waals surface area contributed by atoms with Crippen molar-refractivity contribution in [1.29, 1.82) is 0 Å². The highest BCUT2D eigenvalue weighted by molar-refractivity contribution is 5.82. The summed E-state index contributed by atoms with van der Waals surface area (Å²) in [6, 6.07) is 7.62. The highest BCUT2D eigenvalue weighted by Gasteiger charge is 2.13. The largest absolute Gasteiger partial charge is 0.493 e. The van der Waals surface area contributed by atoms with Crippen molar-refractivity contribution in [2.24, 2.45) is 0 Å². The van der Waals surface area contributed by atoms with Gasteiger partial charge in [0.15, 0.2) is 11.5 Å². The van der Waals surface area contributed by atoms with Gasteiger partial charge < -0.3 is 19.8 Å². The van der Waals surface area contributed by atoms with Gasteiger partial charge in [0.05, 0.1) is 31.8 Å². The van der Waals surface area contributed by atoms with Crippen molar-refractivity contribution in [1.82, 2.24) is 14.5 Å². The Hall–Kier alpha value is -2.76. The van der Waals surface area contributed by atoms with Crippen LogP contribution < -0.4 is 15.2 Å². The van der Waals surface area contributed by atoms with Crippen LogP contribution in [0.2, 0.25) is 0 Å². The van der Waals surface area contributed by atoms with Crippen LogP contribution in [-0.2, 0) is 6.54 Å². The molecule has 0 spiro atoms. The lowest BCUT2D eigenvalue weighted by molar-refractivity contribution is 0.355. The van der Waals surface area contributed by atoms with E-state index in [0.29, 0.717) is 24.0 Å². The molecule has 0 fully saturated rings. The number of methoxy groups -OCH3 is 2. The summed E-state index contributed by atoms with van der Waals surface area (Å²) in [5, 5.41) is 0. The number of imidazole rings is 1. The zero-order valence-electron chi connectivity index (χ0n) is 11.9. The quantitative estimate of drug-likeness (QED) is 0.794. The fourth-order valence-electron chi connectivity index (χ4n) is 2.31. The highest BCUT2D eigenvalue weighted by Crippen LogP contribution is 2.33. The molecule has 3 rings (SSSR count). The van der Waals surface area contributed by atoms with Gasteiger partial charge in [0.1, 0.15) is 0 Å². The molecule has 0 aliphatic carbocycles. The number of ether oxygens (including phenoxy) is 2.